The van der Waals surface area contributed by atoms with Crippen LogP contribution in [0.4, 0.5) is 5.69 Å². The molecule has 1 aromatic rings. The van der Waals surface area contributed by atoms with Crippen LogP contribution in [-0.4, -0.2) is 29.5 Å². The minimum atomic E-state index is -0.700. The van der Waals surface area contributed by atoms with Crippen LogP contribution in [0.25, 0.3) is 0 Å². The second kappa shape index (κ2) is 4.52. The van der Waals surface area contributed by atoms with Crippen LogP contribution in [0.1, 0.15) is 13.8 Å². The molecule has 0 saturated carbocycles. The third-order valence-corrected chi connectivity index (χ3v) is 4.69. The number of carbonyl (C=O) groups is 3. The number of hydrogen-bond acceptors (Lipinski definition) is 5. The molecule has 23 heavy (non-hydrogen) atoms. The number of carbonyl (C=O) groups excluding carboxylic acids is 3. The molecule has 0 radical (unpaired) electrons. The van der Waals surface area contributed by atoms with E-state index in [0.29, 0.717) is 11.4 Å². The van der Waals surface area contributed by atoms with E-state index in [4.69, 9.17) is 9.47 Å². The molecule has 3 aliphatic heterocycles. The van der Waals surface area contributed by atoms with E-state index in [1.165, 1.54) is 11.8 Å². The molecule has 3 aliphatic rings. The molecule has 1 aromatic carbocycles. The van der Waals surface area contributed by atoms with Crippen LogP contribution in [0.3, 0.4) is 0 Å². The molecule has 2 saturated heterocycles. The quantitative estimate of drug-likeness (QED) is 0.357. The van der Waals surface area contributed by atoms with Crippen LogP contribution in [-0.2, 0) is 19.1 Å². The van der Waals surface area contributed by atoms with Gasteiger partial charge in [-0.2, -0.15) is 0 Å². The van der Waals surface area contributed by atoms with Crippen molar-refractivity contribution in [2.75, 3.05) is 4.90 Å². The highest BCUT2D eigenvalue weighted by molar-refractivity contribution is 6.23. The maximum absolute atomic E-state index is 12.8. The minimum Gasteiger partial charge on any atom is -0.427 e. The number of anilines is 1. The first-order valence-electron chi connectivity index (χ1n) is 7.44. The van der Waals surface area contributed by atoms with Crippen molar-refractivity contribution in [1.29, 1.82) is 0 Å². The highest BCUT2D eigenvalue weighted by Crippen LogP contribution is 2.52. The molecule has 2 amide bonds. The van der Waals surface area contributed by atoms with E-state index in [9.17, 15) is 14.4 Å². The number of benzene rings is 1. The Kier molecular flexibility index (Phi) is 2.78. The van der Waals surface area contributed by atoms with Crippen LogP contribution >= 0.6 is 0 Å². The van der Waals surface area contributed by atoms with Gasteiger partial charge in [-0.25, -0.2) is 4.90 Å². The summed E-state index contributed by atoms with van der Waals surface area (Å²) in [6.07, 6.45) is 3.41. The van der Waals surface area contributed by atoms with Crippen LogP contribution in [0.5, 0.6) is 5.75 Å². The molecule has 4 rings (SSSR count). The van der Waals surface area contributed by atoms with E-state index in [-0.39, 0.29) is 17.9 Å². The molecule has 6 nitrogen and oxygen atoms in total. The maximum Gasteiger partial charge on any atom is 0.308 e. The normalized spacial score (nSPS) is 34.2. The van der Waals surface area contributed by atoms with Crippen molar-refractivity contribution in [1.82, 2.24) is 0 Å². The largest absolute Gasteiger partial charge is 0.427 e. The Bertz CT molecular complexity index is 753. The van der Waals surface area contributed by atoms with Gasteiger partial charge in [0.05, 0.1) is 29.2 Å². The van der Waals surface area contributed by atoms with Crippen LogP contribution in [0, 0.1) is 11.8 Å². The SMILES string of the molecule is CC(=O)Oc1ccc(N2C(=O)[C@H]3[C@H]4C=C[C@@](C)(O4)[C@H]3C2=O)cc1. The number of rotatable bonds is 2. The molecular weight excluding hydrogens is 298 g/mol. The molecule has 6 heteroatoms. The fourth-order valence-electron chi connectivity index (χ4n) is 3.74. The van der Waals surface area contributed by atoms with E-state index >= 15 is 0 Å². The van der Waals surface area contributed by atoms with Crippen molar-refractivity contribution >= 4 is 23.5 Å². The lowest BCUT2D eigenvalue weighted by Crippen LogP contribution is -2.38. The van der Waals surface area contributed by atoms with Crippen LogP contribution in [0.2, 0.25) is 0 Å². The van der Waals surface area contributed by atoms with Gasteiger partial charge in [-0.05, 0) is 31.2 Å². The number of hydrogen-bond donors (Lipinski definition) is 0. The fraction of sp³-hybridized carbons (Fsp3) is 0.353. The van der Waals surface area contributed by atoms with Gasteiger partial charge < -0.3 is 9.47 Å². The molecule has 118 valence electrons. The Balaban J connectivity index is 1.65. The zero-order chi connectivity index (χ0) is 16.4. The number of amides is 2. The van der Waals surface area contributed by atoms with E-state index in [1.807, 2.05) is 19.1 Å². The molecule has 0 aliphatic carbocycles. The van der Waals surface area contributed by atoms with Crippen molar-refractivity contribution in [3.05, 3.63) is 36.4 Å². The van der Waals surface area contributed by atoms with Crippen LogP contribution in [0.15, 0.2) is 36.4 Å². The topological polar surface area (TPSA) is 72.9 Å². The second-order valence-corrected chi connectivity index (χ2v) is 6.23. The van der Waals surface area contributed by atoms with E-state index < -0.39 is 23.4 Å². The first-order chi connectivity index (χ1) is 10.9. The first kappa shape index (κ1) is 14.1. The second-order valence-electron chi connectivity index (χ2n) is 6.23. The molecule has 0 spiro atoms. The zero-order valence-corrected chi connectivity index (χ0v) is 12.7. The standard InChI is InChI=1S/C17H15NO5/c1-9(19)22-11-5-3-10(4-6-11)18-15(20)13-12-7-8-17(2,23-12)14(13)16(18)21/h3-8,12-14H,1-2H3/t12-,13+,14-,17-/m1/s1. The number of fused-ring (bicyclic) bond motifs is 5. The van der Waals surface area contributed by atoms with Gasteiger partial charge in [0.1, 0.15) is 5.75 Å². The molecule has 4 atom stereocenters. The van der Waals surface area contributed by atoms with Crippen molar-refractivity contribution in [2.45, 2.75) is 25.6 Å². The molecule has 0 unspecified atom stereocenters. The van der Waals surface area contributed by atoms with Gasteiger partial charge in [-0.1, -0.05) is 12.2 Å². The average Bonchev–Trinajstić information content (AvgIpc) is 3.09. The van der Waals surface area contributed by atoms with Crippen molar-refractivity contribution in [2.24, 2.45) is 11.8 Å². The lowest BCUT2D eigenvalue weighted by molar-refractivity contribution is -0.132. The summed E-state index contributed by atoms with van der Waals surface area (Å²) in [5, 5.41) is 0. The highest BCUT2D eigenvalue weighted by atomic mass is 16.5. The summed E-state index contributed by atoms with van der Waals surface area (Å²) in [7, 11) is 0. The van der Waals surface area contributed by atoms with Gasteiger partial charge in [-0.3, -0.25) is 14.4 Å². The molecule has 2 bridgehead atoms. The Morgan fingerprint density at radius 3 is 2.52 bits per heavy atom. The highest BCUT2D eigenvalue weighted by Gasteiger charge is 2.65. The summed E-state index contributed by atoms with van der Waals surface area (Å²) in [5.74, 6) is -1.46. The number of imide groups is 1. The summed E-state index contributed by atoms with van der Waals surface area (Å²) in [6.45, 7) is 3.15. The monoisotopic (exact) mass is 313 g/mol. The van der Waals surface area contributed by atoms with E-state index in [1.54, 1.807) is 24.3 Å². The lowest BCUT2D eigenvalue weighted by Gasteiger charge is -2.24. The number of ether oxygens (including phenoxy) is 2. The van der Waals surface area contributed by atoms with E-state index in [2.05, 4.69) is 0 Å². The van der Waals surface area contributed by atoms with Gasteiger partial charge >= 0.3 is 5.97 Å². The molecule has 0 N–H and O–H groups in total. The average molecular weight is 313 g/mol. The summed E-state index contributed by atoms with van der Waals surface area (Å²) in [4.78, 5) is 37.6. The fourth-order valence-corrected chi connectivity index (χ4v) is 3.74. The predicted molar refractivity (Wildman–Crippen MR) is 79.6 cm³/mol. The summed E-state index contributed by atoms with van der Waals surface area (Å²) in [5.41, 5.74) is -0.220. The first-order valence-corrected chi connectivity index (χ1v) is 7.44. The van der Waals surface area contributed by atoms with Crippen LogP contribution < -0.4 is 9.64 Å². The van der Waals surface area contributed by atoms with Gasteiger partial charge in [-0.15, -0.1) is 0 Å². The molecule has 3 heterocycles. The van der Waals surface area contributed by atoms with Crippen molar-refractivity contribution < 1.29 is 23.9 Å². The van der Waals surface area contributed by atoms with E-state index in [0.717, 1.165) is 0 Å². The Morgan fingerprint density at radius 2 is 1.91 bits per heavy atom. The van der Waals surface area contributed by atoms with Crippen molar-refractivity contribution in [3.63, 3.8) is 0 Å². The summed E-state index contributed by atoms with van der Waals surface area (Å²) >= 11 is 0. The maximum atomic E-state index is 12.8. The Hall–Kier alpha value is -2.47. The third kappa shape index (κ3) is 1.88. The van der Waals surface area contributed by atoms with Crippen molar-refractivity contribution in [3.8, 4) is 5.75 Å². The Morgan fingerprint density at radius 1 is 1.22 bits per heavy atom. The van der Waals surface area contributed by atoms with Gasteiger partial charge in [0, 0.05) is 6.92 Å². The number of nitrogens with zero attached hydrogens (tertiary/aromatic N) is 1. The Labute approximate surface area is 132 Å². The van der Waals surface area contributed by atoms with Gasteiger partial charge in [0.25, 0.3) is 0 Å². The summed E-state index contributed by atoms with van der Waals surface area (Å²) < 4.78 is 10.7. The summed E-state index contributed by atoms with van der Waals surface area (Å²) in [6, 6.07) is 6.34. The zero-order valence-electron chi connectivity index (χ0n) is 12.7. The molecule has 2 fully saturated rings. The third-order valence-electron chi connectivity index (χ3n) is 4.69. The van der Waals surface area contributed by atoms with Gasteiger partial charge in [0.15, 0.2) is 0 Å². The molecular formula is C17H15NO5. The predicted octanol–water partition coefficient (Wildman–Crippen LogP) is 1.44. The number of esters is 1. The smallest absolute Gasteiger partial charge is 0.308 e. The lowest BCUT2D eigenvalue weighted by atomic mass is 9.78. The van der Waals surface area contributed by atoms with Gasteiger partial charge in [0.2, 0.25) is 11.8 Å². The minimum absolute atomic E-state index is 0.238. The molecule has 0 aromatic heterocycles.